The minimum Gasteiger partial charge on any atom is -0.507 e. The van der Waals surface area contributed by atoms with Crippen LogP contribution in [0.15, 0.2) is 91.0 Å². The number of anilines is 2. The van der Waals surface area contributed by atoms with Crippen LogP contribution in [0.4, 0.5) is 15.8 Å². The lowest BCUT2D eigenvalue weighted by Gasteiger charge is -2.50. The number of carbonyl (C=O) groups excluding carboxylic acids is 4. The summed E-state index contributed by atoms with van der Waals surface area (Å²) >= 11 is 14.7. The molecule has 3 aromatic carbocycles. The van der Waals surface area contributed by atoms with Crippen LogP contribution in [0.5, 0.6) is 5.75 Å². The van der Waals surface area contributed by atoms with Gasteiger partial charge in [-0.1, -0.05) is 42.0 Å². The summed E-state index contributed by atoms with van der Waals surface area (Å²) in [5.41, 5.74) is 1.16. The second kappa shape index (κ2) is 11.1. The van der Waals surface area contributed by atoms with E-state index < -0.39 is 68.8 Å². The van der Waals surface area contributed by atoms with Crippen molar-refractivity contribution < 1.29 is 38.6 Å². The van der Waals surface area contributed by atoms with Crippen molar-refractivity contribution in [2.45, 2.75) is 34.9 Å². The first-order valence-electron chi connectivity index (χ1n) is 15.2. The second-order valence-electron chi connectivity index (χ2n) is 12.5. The molecule has 2 N–H and O–H groups in total. The third-order valence-electron chi connectivity index (χ3n) is 10.1. The van der Waals surface area contributed by atoms with Gasteiger partial charge in [-0.05, 0) is 73.2 Å². The summed E-state index contributed by atoms with van der Waals surface area (Å²) in [5.74, 6) is -8.94. The number of aromatic hydroxyl groups is 1. The zero-order valence-corrected chi connectivity index (χ0v) is 26.6. The highest BCUT2D eigenvalue weighted by molar-refractivity contribution is 6.58. The number of phenols is 1. The number of halogens is 3. The van der Waals surface area contributed by atoms with Crippen LogP contribution >= 0.6 is 23.2 Å². The molecule has 4 amide bonds. The summed E-state index contributed by atoms with van der Waals surface area (Å²) in [6.45, 7) is 3.74. The van der Waals surface area contributed by atoms with Crippen LogP contribution in [0.3, 0.4) is 0 Å². The molecule has 2 aliphatic carbocycles. The second-order valence-corrected chi connectivity index (χ2v) is 13.7. The van der Waals surface area contributed by atoms with Gasteiger partial charge < -0.3 is 10.2 Å². The van der Waals surface area contributed by atoms with Crippen LogP contribution in [-0.2, 0) is 25.6 Å². The van der Waals surface area contributed by atoms with Crippen LogP contribution in [0.1, 0.15) is 40.2 Å². The van der Waals surface area contributed by atoms with Crippen LogP contribution in [0, 0.1) is 23.6 Å². The summed E-state index contributed by atoms with van der Waals surface area (Å²) in [6.07, 6.45) is 3.36. The van der Waals surface area contributed by atoms with Crippen LogP contribution in [0.2, 0.25) is 0 Å². The Morgan fingerprint density at radius 1 is 0.938 bits per heavy atom. The Hall–Kier alpha value is -4.80. The van der Waals surface area contributed by atoms with Crippen molar-refractivity contribution in [3.63, 3.8) is 0 Å². The molecule has 6 unspecified atom stereocenters. The average Bonchev–Trinajstić information content (AvgIpc) is 3.40. The lowest BCUT2D eigenvalue weighted by atomic mass is 9.56. The SMILES string of the molecule is C=CCc1cccc(C2C3=CCC4C(=O)N(c5cccc(C(=O)O)c5)C(=O)C4C3CC3(Cl)C(=O)N(c4ccc(F)cc4)C(=O)C23Cl)c1O. The third-order valence-corrected chi connectivity index (χ3v) is 11.5. The zero-order chi connectivity index (χ0) is 34.3. The molecule has 48 heavy (non-hydrogen) atoms. The largest absolute Gasteiger partial charge is 0.507 e. The first-order chi connectivity index (χ1) is 22.8. The Labute approximate surface area is 283 Å². The van der Waals surface area contributed by atoms with Gasteiger partial charge in [0, 0.05) is 11.5 Å². The van der Waals surface area contributed by atoms with E-state index in [9.17, 15) is 38.6 Å². The number of allylic oxidation sites excluding steroid dienone is 3. The van der Waals surface area contributed by atoms with Crippen molar-refractivity contribution in [1.29, 1.82) is 0 Å². The molecule has 3 fully saturated rings. The summed E-state index contributed by atoms with van der Waals surface area (Å²) in [4.78, 5) is 66.1. The number of fused-ring (bicyclic) bond motifs is 4. The average molecular weight is 690 g/mol. The molecule has 4 aliphatic rings. The van der Waals surface area contributed by atoms with E-state index in [1.807, 2.05) is 0 Å². The summed E-state index contributed by atoms with van der Waals surface area (Å²) in [6, 6.07) is 15.1. The molecule has 2 heterocycles. The predicted octanol–water partition coefficient (Wildman–Crippen LogP) is 5.73. The van der Waals surface area contributed by atoms with Gasteiger partial charge in [0.1, 0.15) is 11.6 Å². The minimum absolute atomic E-state index is 0.0377. The van der Waals surface area contributed by atoms with Gasteiger partial charge in [-0.25, -0.2) is 14.1 Å². The molecule has 3 aromatic rings. The molecule has 9 nitrogen and oxygen atoms in total. The van der Waals surface area contributed by atoms with Crippen LogP contribution in [0.25, 0.3) is 0 Å². The van der Waals surface area contributed by atoms with Crippen LogP contribution in [-0.4, -0.2) is 49.6 Å². The number of hydrogen-bond acceptors (Lipinski definition) is 6. The molecule has 2 saturated heterocycles. The monoisotopic (exact) mass is 688 g/mol. The number of carboxylic acids is 1. The Bertz CT molecular complexity index is 2000. The number of aromatic carboxylic acids is 1. The van der Waals surface area contributed by atoms with Gasteiger partial charge in [-0.2, -0.15) is 0 Å². The third kappa shape index (κ3) is 4.25. The number of rotatable bonds is 6. The number of nitrogens with zero attached hydrogens (tertiary/aromatic N) is 2. The van der Waals surface area contributed by atoms with E-state index in [0.29, 0.717) is 11.1 Å². The summed E-state index contributed by atoms with van der Waals surface area (Å²) < 4.78 is 13.9. The smallest absolute Gasteiger partial charge is 0.335 e. The maximum Gasteiger partial charge on any atom is 0.335 e. The topological polar surface area (TPSA) is 132 Å². The molecule has 0 bridgehead atoms. The molecule has 0 radical (unpaired) electrons. The first kappa shape index (κ1) is 31.8. The van der Waals surface area contributed by atoms with E-state index in [1.54, 1.807) is 30.4 Å². The standard InChI is InChI=1S/C36H27Cl2FN2O7/c1-2-5-18-6-4-9-25(29(18)42)28-23-14-15-24-27(31(44)40(30(24)43)22-8-3-7-19(16-22)32(45)46)26(23)17-35(37)33(47)41(34(48)36(28,35)38)21-12-10-20(39)11-13-21/h2-4,6-14,16,24,26-28,42H,1,5,15,17H2,(H,45,46). The lowest BCUT2D eigenvalue weighted by molar-refractivity contribution is -0.125. The van der Waals surface area contributed by atoms with E-state index >= 15 is 0 Å². The highest BCUT2D eigenvalue weighted by Crippen LogP contribution is 2.66. The van der Waals surface area contributed by atoms with Gasteiger partial charge in [0.05, 0.1) is 28.8 Å². The number of carboxylic acid groups (broad SMARTS) is 1. The highest BCUT2D eigenvalue weighted by Gasteiger charge is 2.77. The fourth-order valence-electron chi connectivity index (χ4n) is 7.94. The van der Waals surface area contributed by atoms with E-state index in [4.69, 9.17) is 23.2 Å². The number of phenolic OH excluding ortho intramolecular Hbond substituents is 1. The fraction of sp³-hybridized carbons (Fsp3) is 0.250. The predicted molar refractivity (Wildman–Crippen MR) is 174 cm³/mol. The Balaban J connectivity index is 1.41. The molecule has 0 aromatic heterocycles. The minimum atomic E-state index is -2.21. The maximum atomic E-state index is 14.5. The quantitative estimate of drug-likeness (QED) is 0.192. The van der Waals surface area contributed by atoms with E-state index in [0.717, 1.165) is 21.9 Å². The molecule has 7 rings (SSSR count). The zero-order valence-electron chi connectivity index (χ0n) is 25.1. The van der Waals surface area contributed by atoms with Crippen molar-refractivity contribution in [1.82, 2.24) is 0 Å². The van der Waals surface area contributed by atoms with Crippen molar-refractivity contribution >= 4 is 64.2 Å². The molecule has 0 spiro atoms. The number of alkyl halides is 2. The van der Waals surface area contributed by atoms with Crippen molar-refractivity contribution in [2.24, 2.45) is 17.8 Å². The number of hydrogen-bond donors (Lipinski definition) is 2. The molecule has 2 aliphatic heterocycles. The summed E-state index contributed by atoms with van der Waals surface area (Å²) in [5, 5.41) is 21.1. The van der Waals surface area contributed by atoms with Gasteiger partial charge in [-0.3, -0.25) is 24.1 Å². The van der Waals surface area contributed by atoms with Crippen LogP contribution < -0.4 is 9.80 Å². The van der Waals surface area contributed by atoms with E-state index in [1.165, 1.54) is 36.4 Å². The maximum absolute atomic E-state index is 14.5. The Kier molecular flexibility index (Phi) is 7.37. The van der Waals surface area contributed by atoms with E-state index in [2.05, 4.69) is 6.58 Å². The van der Waals surface area contributed by atoms with Gasteiger partial charge in [0.15, 0.2) is 9.75 Å². The molecule has 1 saturated carbocycles. The number of benzene rings is 3. The van der Waals surface area contributed by atoms with Crippen molar-refractivity contribution in [3.05, 3.63) is 114 Å². The normalized spacial score (nSPS) is 29.4. The highest BCUT2D eigenvalue weighted by atomic mass is 35.5. The van der Waals surface area contributed by atoms with Gasteiger partial charge in [-0.15, -0.1) is 29.8 Å². The fourth-order valence-corrected chi connectivity index (χ4v) is 8.87. The lowest BCUT2D eigenvalue weighted by Crippen LogP contribution is -2.60. The van der Waals surface area contributed by atoms with Crippen molar-refractivity contribution in [3.8, 4) is 5.75 Å². The Morgan fingerprint density at radius 3 is 2.33 bits per heavy atom. The molecule has 244 valence electrons. The van der Waals surface area contributed by atoms with Crippen molar-refractivity contribution in [2.75, 3.05) is 9.80 Å². The number of imide groups is 2. The molecular formula is C36H27Cl2FN2O7. The first-order valence-corrected chi connectivity index (χ1v) is 16.0. The molecule has 12 heteroatoms. The number of carbonyl (C=O) groups is 5. The molecule has 6 atom stereocenters. The number of amides is 4. The van der Waals surface area contributed by atoms with Gasteiger partial charge >= 0.3 is 5.97 Å². The van der Waals surface area contributed by atoms with Gasteiger partial charge in [0.25, 0.3) is 11.8 Å². The van der Waals surface area contributed by atoms with E-state index in [-0.39, 0.29) is 47.5 Å². The summed E-state index contributed by atoms with van der Waals surface area (Å²) in [7, 11) is 0. The number of para-hydroxylation sites is 1. The van der Waals surface area contributed by atoms with Gasteiger partial charge in [0.2, 0.25) is 11.8 Å². The molecular weight excluding hydrogens is 662 g/mol. The Morgan fingerprint density at radius 2 is 1.65 bits per heavy atom.